The average Bonchev–Trinajstić information content (AvgIpc) is 2.94. The van der Waals surface area contributed by atoms with Crippen LogP contribution in [0.15, 0.2) is 65.9 Å². The molecular formula is C28H33N3O2. The number of likely N-dealkylation sites (tertiary alicyclic amines) is 1. The predicted molar refractivity (Wildman–Crippen MR) is 132 cm³/mol. The van der Waals surface area contributed by atoms with E-state index in [9.17, 15) is 9.59 Å². The molecule has 5 rings (SSSR count). The van der Waals surface area contributed by atoms with Crippen LogP contribution in [0.1, 0.15) is 57.6 Å². The summed E-state index contributed by atoms with van der Waals surface area (Å²) in [5, 5.41) is 3.62. The number of nitrogens with one attached hydrogen (secondary N) is 1. The minimum atomic E-state index is -0.297. The number of carbonyl (C=O) groups excluding carboxylic acids is 2. The lowest BCUT2D eigenvalue weighted by Crippen LogP contribution is -2.45. The minimum Gasteiger partial charge on any atom is -0.357 e. The van der Waals surface area contributed by atoms with Crippen LogP contribution in [-0.4, -0.2) is 36.2 Å². The van der Waals surface area contributed by atoms with Gasteiger partial charge in [-0.3, -0.25) is 9.59 Å². The number of piperidine rings is 1. The van der Waals surface area contributed by atoms with E-state index in [0.717, 1.165) is 60.6 Å². The number of para-hydroxylation sites is 2. The van der Waals surface area contributed by atoms with Gasteiger partial charge in [0, 0.05) is 30.8 Å². The molecule has 0 unspecified atom stereocenters. The molecule has 0 saturated carbocycles. The van der Waals surface area contributed by atoms with Gasteiger partial charge in [0.15, 0.2) is 5.78 Å². The average molecular weight is 444 g/mol. The number of anilines is 2. The van der Waals surface area contributed by atoms with Crippen molar-refractivity contribution >= 4 is 23.1 Å². The molecule has 2 heterocycles. The van der Waals surface area contributed by atoms with Crippen molar-refractivity contribution in [1.82, 2.24) is 4.90 Å². The van der Waals surface area contributed by atoms with E-state index in [-0.39, 0.29) is 29.7 Å². The summed E-state index contributed by atoms with van der Waals surface area (Å²) in [7, 11) is 0. The molecule has 1 saturated heterocycles. The molecule has 1 fully saturated rings. The molecule has 1 amide bonds. The van der Waals surface area contributed by atoms with E-state index in [1.54, 1.807) is 0 Å². The van der Waals surface area contributed by atoms with Crippen molar-refractivity contribution < 1.29 is 9.59 Å². The number of ketones is 1. The number of carbonyl (C=O) groups is 2. The third-order valence-electron chi connectivity index (χ3n) is 7.13. The number of Topliss-reactive ketones (excluding diaryl/α,β-unsaturated/α-hetero) is 1. The normalized spacial score (nSPS) is 22.2. The summed E-state index contributed by atoms with van der Waals surface area (Å²) in [6.07, 6.45) is 4.64. The van der Waals surface area contributed by atoms with Gasteiger partial charge in [-0.2, -0.15) is 0 Å². The number of allylic oxidation sites excluding steroid dienone is 1. The Morgan fingerprint density at radius 1 is 0.970 bits per heavy atom. The largest absolute Gasteiger partial charge is 0.357 e. The van der Waals surface area contributed by atoms with Crippen molar-refractivity contribution in [3.63, 3.8) is 0 Å². The number of hydrogen-bond donors (Lipinski definition) is 1. The summed E-state index contributed by atoms with van der Waals surface area (Å²) in [4.78, 5) is 31.3. The van der Waals surface area contributed by atoms with Crippen molar-refractivity contribution in [1.29, 1.82) is 0 Å². The van der Waals surface area contributed by atoms with E-state index in [1.807, 2.05) is 35.2 Å². The lowest BCUT2D eigenvalue weighted by atomic mass is 9.73. The van der Waals surface area contributed by atoms with Gasteiger partial charge in [0.05, 0.1) is 24.0 Å². The van der Waals surface area contributed by atoms with Crippen molar-refractivity contribution in [2.45, 2.75) is 52.0 Å². The van der Waals surface area contributed by atoms with Crippen LogP contribution in [0.2, 0.25) is 0 Å². The van der Waals surface area contributed by atoms with Crippen LogP contribution in [0.5, 0.6) is 0 Å². The van der Waals surface area contributed by atoms with Gasteiger partial charge < -0.3 is 15.1 Å². The highest BCUT2D eigenvalue weighted by atomic mass is 16.2. The molecule has 2 aliphatic heterocycles. The Labute approximate surface area is 196 Å². The molecular weight excluding hydrogens is 410 g/mol. The summed E-state index contributed by atoms with van der Waals surface area (Å²) in [6, 6.07) is 18.0. The first-order valence-corrected chi connectivity index (χ1v) is 12.1. The topological polar surface area (TPSA) is 52.7 Å². The molecule has 5 heteroatoms. The van der Waals surface area contributed by atoms with E-state index in [1.165, 1.54) is 6.42 Å². The Hall–Kier alpha value is -3.08. The summed E-state index contributed by atoms with van der Waals surface area (Å²) >= 11 is 0. The highest BCUT2D eigenvalue weighted by Gasteiger charge is 2.42. The van der Waals surface area contributed by atoms with Gasteiger partial charge in [-0.1, -0.05) is 56.3 Å². The fourth-order valence-corrected chi connectivity index (χ4v) is 5.60. The summed E-state index contributed by atoms with van der Waals surface area (Å²) in [5.41, 5.74) is 4.67. The van der Waals surface area contributed by atoms with Crippen LogP contribution in [-0.2, 0) is 9.59 Å². The Morgan fingerprint density at radius 3 is 2.42 bits per heavy atom. The molecule has 1 aliphatic carbocycles. The lowest BCUT2D eigenvalue weighted by Gasteiger charge is -2.39. The number of nitrogens with zero attached hydrogens (tertiary/aromatic N) is 2. The highest BCUT2D eigenvalue weighted by molar-refractivity contribution is 6.01. The molecule has 1 N–H and O–H groups in total. The van der Waals surface area contributed by atoms with Crippen molar-refractivity contribution in [2.24, 2.45) is 5.41 Å². The molecule has 3 aliphatic rings. The van der Waals surface area contributed by atoms with Gasteiger partial charge in [-0.25, -0.2) is 0 Å². The predicted octanol–water partition coefficient (Wildman–Crippen LogP) is 5.32. The van der Waals surface area contributed by atoms with E-state index < -0.39 is 0 Å². The number of benzene rings is 2. The summed E-state index contributed by atoms with van der Waals surface area (Å²) < 4.78 is 0. The van der Waals surface area contributed by atoms with Crippen LogP contribution in [0.3, 0.4) is 0 Å². The van der Waals surface area contributed by atoms with Gasteiger partial charge >= 0.3 is 0 Å². The number of hydrogen-bond acceptors (Lipinski definition) is 4. The monoisotopic (exact) mass is 443 g/mol. The van der Waals surface area contributed by atoms with E-state index in [2.05, 4.69) is 48.3 Å². The quantitative estimate of drug-likeness (QED) is 0.698. The smallest absolute Gasteiger partial charge is 0.242 e. The Kier molecular flexibility index (Phi) is 5.73. The fraction of sp³-hybridized carbons (Fsp3) is 0.429. The lowest BCUT2D eigenvalue weighted by molar-refractivity contribution is -0.130. The molecule has 0 aromatic heterocycles. The van der Waals surface area contributed by atoms with E-state index in [0.29, 0.717) is 6.42 Å². The van der Waals surface area contributed by atoms with E-state index >= 15 is 0 Å². The standard InChI is InChI=1S/C28H33N3O2/c1-28(2)17-22-26(24(32)18-28)27(20-11-5-3-6-12-20)31(23-14-8-7-13-21(23)29-22)19-25(33)30-15-9-4-10-16-30/h3,5-8,11-14,27,29H,4,9-10,15-19H2,1-2H3/t27-/m1/s1. The minimum absolute atomic E-state index is 0.0993. The fourth-order valence-electron chi connectivity index (χ4n) is 5.60. The second-order valence-electron chi connectivity index (χ2n) is 10.4. The van der Waals surface area contributed by atoms with Crippen LogP contribution in [0.4, 0.5) is 11.4 Å². The molecule has 5 nitrogen and oxygen atoms in total. The maximum atomic E-state index is 13.6. The first-order chi connectivity index (χ1) is 15.9. The van der Waals surface area contributed by atoms with Gasteiger partial charge in [0.1, 0.15) is 0 Å². The van der Waals surface area contributed by atoms with Gasteiger partial charge in [0.2, 0.25) is 5.91 Å². The third-order valence-corrected chi connectivity index (χ3v) is 7.13. The summed E-state index contributed by atoms with van der Waals surface area (Å²) in [6.45, 7) is 6.21. The molecule has 1 atom stereocenters. The number of rotatable bonds is 3. The van der Waals surface area contributed by atoms with E-state index in [4.69, 9.17) is 0 Å². The summed E-state index contributed by atoms with van der Waals surface area (Å²) in [5.74, 6) is 0.309. The van der Waals surface area contributed by atoms with Crippen molar-refractivity contribution in [3.8, 4) is 0 Å². The zero-order valence-corrected chi connectivity index (χ0v) is 19.6. The van der Waals surface area contributed by atoms with Crippen LogP contribution < -0.4 is 10.2 Å². The zero-order chi connectivity index (χ0) is 23.0. The van der Waals surface area contributed by atoms with Crippen molar-refractivity contribution in [2.75, 3.05) is 29.9 Å². The molecule has 33 heavy (non-hydrogen) atoms. The molecule has 0 radical (unpaired) electrons. The van der Waals surface area contributed by atoms with Gasteiger partial charge in [-0.15, -0.1) is 0 Å². The van der Waals surface area contributed by atoms with Crippen LogP contribution in [0, 0.1) is 5.41 Å². The van der Waals surface area contributed by atoms with Crippen molar-refractivity contribution in [3.05, 3.63) is 71.4 Å². The Morgan fingerprint density at radius 2 is 1.67 bits per heavy atom. The maximum Gasteiger partial charge on any atom is 0.242 e. The molecule has 2 aromatic carbocycles. The van der Waals surface area contributed by atoms with Gasteiger partial charge in [-0.05, 0) is 48.8 Å². The SMILES string of the molecule is CC1(C)CC(=O)C2=C(C1)Nc1ccccc1N(CC(=O)N1CCCCC1)[C@@H]2c1ccccc1. The first kappa shape index (κ1) is 21.7. The number of amides is 1. The Balaban J connectivity index is 1.65. The highest BCUT2D eigenvalue weighted by Crippen LogP contribution is 2.48. The molecule has 0 spiro atoms. The second-order valence-corrected chi connectivity index (χ2v) is 10.4. The van der Waals surface area contributed by atoms with Crippen LogP contribution >= 0.6 is 0 Å². The Bertz CT molecular complexity index is 1080. The molecule has 0 bridgehead atoms. The molecule has 172 valence electrons. The zero-order valence-electron chi connectivity index (χ0n) is 19.6. The maximum absolute atomic E-state index is 13.6. The first-order valence-electron chi connectivity index (χ1n) is 12.1. The second kappa shape index (κ2) is 8.69. The molecule has 2 aromatic rings. The number of fused-ring (bicyclic) bond motifs is 1. The van der Waals surface area contributed by atoms with Gasteiger partial charge in [0.25, 0.3) is 0 Å². The van der Waals surface area contributed by atoms with Crippen LogP contribution in [0.25, 0.3) is 0 Å². The third kappa shape index (κ3) is 4.29.